The van der Waals surface area contributed by atoms with Crippen LogP contribution in [0.3, 0.4) is 0 Å². The molecule has 6 heteroatoms. The highest BCUT2D eigenvalue weighted by Gasteiger charge is 2.23. The number of anilines is 1. The van der Waals surface area contributed by atoms with Crippen LogP contribution >= 0.6 is 12.2 Å². The number of piperazine rings is 1. The Hall–Kier alpha value is -1.79. The quantitative estimate of drug-likeness (QED) is 0.866. The molecule has 1 aliphatic heterocycles. The Balaban J connectivity index is 1.79. The largest absolute Gasteiger partial charge is 0.392 e. The summed E-state index contributed by atoms with van der Waals surface area (Å²) in [6, 6.07) is 8.29. The molecule has 3 rings (SSSR count). The fourth-order valence-electron chi connectivity index (χ4n) is 2.77. The summed E-state index contributed by atoms with van der Waals surface area (Å²) in [6.07, 6.45) is 1.86. The normalized spacial score (nSPS) is 17.9. The van der Waals surface area contributed by atoms with E-state index >= 15 is 0 Å². The molecule has 0 amide bonds. The van der Waals surface area contributed by atoms with E-state index in [1.54, 1.807) is 0 Å². The molecule has 5 nitrogen and oxygen atoms in total. The lowest BCUT2D eigenvalue weighted by atomic mass is 10.1. The molecule has 1 aromatic heterocycles. The molecule has 1 aliphatic rings. The predicted octanol–water partition coefficient (Wildman–Crippen LogP) is 1.43. The van der Waals surface area contributed by atoms with E-state index in [1.165, 1.54) is 0 Å². The van der Waals surface area contributed by atoms with Crippen molar-refractivity contribution in [2.45, 2.75) is 13.0 Å². The van der Waals surface area contributed by atoms with Crippen LogP contribution in [0.15, 0.2) is 30.5 Å². The van der Waals surface area contributed by atoms with Crippen molar-refractivity contribution in [1.82, 2.24) is 15.1 Å². The molecular formula is C15H19N5S. The molecule has 0 spiro atoms. The molecule has 21 heavy (non-hydrogen) atoms. The molecule has 2 heterocycles. The topological polar surface area (TPSA) is 58.3 Å². The minimum Gasteiger partial charge on any atom is -0.392 e. The summed E-state index contributed by atoms with van der Waals surface area (Å²) in [5.74, 6) is 0. The Kier molecular flexibility index (Phi) is 3.98. The zero-order valence-corrected chi connectivity index (χ0v) is 12.9. The molecule has 0 aliphatic carbocycles. The summed E-state index contributed by atoms with van der Waals surface area (Å²) in [7, 11) is 0. The van der Waals surface area contributed by atoms with E-state index in [2.05, 4.69) is 33.0 Å². The van der Waals surface area contributed by atoms with Gasteiger partial charge in [-0.2, -0.15) is 10.2 Å². The maximum absolute atomic E-state index is 5.74. The number of nitrogens with zero attached hydrogens (tertiary/aromatic N) is 4. The summed E-state index contributed by atoms with van der Waals surface area (Å²) in [4.78, 5) is 5.26. The average Bonchev–Trinajstić information content (AvgIpc) is 2.53. The third-order valence-corrected chi connectivity index (χ3v) is 4.48. The summed E-state index contributed by atoms with van der Waals surface area (Å²) in [5.41, 5.74) is 7.84. The van der Waals surface area contributed by atoms with Crippen LogP contribution in [-0.2, 0) is 0 Å². The van der Waals surface area contributed by atoms with Gasteiger partial charge in [0.15, 0.2) is 0 Å². The number of fused-ring (bicyclic) bond motifs is 1. The molecule has 1 fully saturated rings. The highest BCUT2D eigenvalue weighted by molar-refractivity contribution is 7.80. The smallest absolute Gasteiger partial charge is 0.0950 e. The summed E-state index contributed by atoms with van der Waals surface area (Å²) in [5, 5.41) is 9.46. The van der Waals surface area contributed by atoms with Crippen molar-refractivity contribution >= 4 is 33.8 Å². The van der Waals surface area contributed by atoms with Gasteiger partial charge in [0.05, 0.1) is 28.4 Å². The molecule has 2 aromatic rings. The number of thiocarbonyl (C=S) groups is 1. The lowest BCUT2D eigenvalue weighted by Crippen LogP contribution is -2.52. The van der Waals surface area contributed by atoms with Crippen molar-refractivity contribution in [2.75, 3.05) is 31.1 Å². The number of benzene rings is 1. The number of hydrogen-bond acceptors (Lipinski definition) is 5. The van der Waals surface area contributed by atoms with Gasteiger partial charge in [-0.15, -0.1) is 0 Å². The summed E-state index contributed by atoms with van der Waals surface area (Å²) in [6.45, 7) is 5.87. The van der Waals surface area contributed by atoms with Gasteiger partial charge in [0.1, 0.15) is 0 Å². The van der Waals surface area contributed by atoms with Gasteiger partial charge in [0, 0.05) is 31.6 Å². The Bertz CT molecular complexity index is 646. The van der Waals surface area contributed by atoms with Crippen LogP contribution in [0.4, 0.5) is 5.69 Å². The number of rotatable bonds is 3. The van der Waals surface area contributed by atoms with Crippen molar-refractivity contribution in [3.63, 3.8) is 0 Å². The van der Waals surface area contributed by atoms with Gasteiger partial charge in [-0.05, 0) is 13.0 Å². The minimum atomic E-state index is 0.162. The van der Waals surface area contributed by atoms with E-state index in [9.17, 15) is 0 Å². The van der Waals surface area contributed by atoms with Crippen LogP contribution in [0.2, 0.25) is 0 Å². The summed E-state index contributed by atoms with van der Waals surface area (Å²) < 4.78 is 0. The first-order chi connectivity index (χ1) is 10.2. The fourth-order valence-corrected chi connectivity index (χ4v) is 2.92. The van der Waals surface area contributed by atoms with Crippen molar-refractivity contribution in [3.8, 4) is 0 Å². The second kappa shape index (κ2) is 5.91. The predicted molar refractivity (Wildman–Crippen MR) is 89.6 cm³/mol. The van der Waals surface area contributed by atoms with Gasteiger partial charge in [-0.3, -0.25) is 4.90 Å². The Labute approximate surface area is 129 Å². The van der Waals surface area contributed by atoms with Crippen LogP contribution in [0.25, 0.3) is 10.9 Å². The zero-order valence-electron chi connectivity index (χ0n) is 12.1. The molecular weight excluding hydrogens is 282 g/mol. The van der Waals surface area contributed by atoms with Crippen molar-refractivity contribution < 1.29 is 0 Å². The Morgan fingerprint density at radius 1 is 1.24 bits per heavy atom. The van der Waals surface area contributed by atoms with Crippen molar-refractivity contribution in [2.24, 2.45) is 5.73 Å². The average molecular weight is 301 g/mol. The van der Waals surface area contributed by atoms with Crippen LogP contribution < -0.4 is 10.6 Å². The SMILES string of the molecule is CC(C(N)=S)N1CCN(c2cnnc3ccccc23)CC1. The third-order valence-electron chi connectivity index (χ3n) is 4.14. The Morgan fingerprint density at radius 3 is 2.67 bits per heavy atom. The molecule has 1 aromatic carbocycles. The molecule has 0 radical (unpaired) electrons. The third kappa shape index (κ3) is 2.82. The van der Waals surface area contributed by atoms with Gasteiger partial charge >= 0.3 is 0 Å². The highest BCUT2D eigenvalue weighted by Crippen LogP contribution is 2.25. The minimum absolute atomic E-state index is 0.162. The zero-order chi connectivity index (χ0) is 14.8. The van der Waals surface area contributed by atoms with Gasteiger partial charge in [0.2, 0.25) is 0 Å². The number of aromatic nitrogens is 2. The molecule has 0 saturated carbocycles. The maximum Gasteiger partial charge on any atom is 0.0950 e. The van der Waals surface area contributed by atoms with E-state index in [0.29, 0.717) is 4.99 Å². The molecule has 1 saturated heterocycles. The first kappa shape index (κ1) is 14.2. The van der Waals surface area contributed by atoms with Crippen LogP contribution in [0, 0.1) is 0 Å². The van der Waals surface area contributed by atoms with E-state index in [-0.39, 0.29) is 6.04 Å². The number of hydrogen-bond donors (Lipinski definition) is 1. The van der Waals surface area contributed by atoms with Gasteiger partial charge < -0.3 is 10.6 Å². The van der Waals surface area contributed by atoms with Gasteiger partial charge in [0.25, 0.3) is 0 Å². The lowest BCUT2D eigenvalue weighted by molar-refractivity contribution is 0.239. The van der Waals surface area contributed by atoms with E-state index < -0.39 is 0 Å². The van der Waals surface area contributed by atoms with Crippen LogP contribution in [0.1, 0.15) is 6.92 Å². The standard InChI is InChI=1S/C15H19N5S/c1-11(15(16)21)19-6-8-20(9-7-19)14-10-17-18-13-5-3-2-4-12(13)14/h2-5,10-11H,6-9H2,1H3,(H2,16,21). The lowest BCUT2D eigenvalue weighted by Gasteiger charge is -2.38. The molecule has 1 atom stereocenters. The van der Waals surface area contributed by atoms with Crippen molar-refractivity contribution in [1.29, 1.82) is 0 Å². The van der Waals surface area contributed by atoms with E-state index in [1.807, 2.05) is 24.4 Å². The van der Waals surface area contributed by atoms with E-state index in [4.69, 9.17) is 18.0 Å². The van der Waals surface area contributed by atoms with Crippen molar-refractivity contribution in [3.05, 3.63) is 30.5 Å². The summed E-state index contributed by atoms with van der Waals surface area (Å²) >= 11 is 5.09. The Morgan fingerprint density at radius 2 is 1.95 bits per heavy atom. The number of nitrogens with two attached hydrogens (primary N) is 1. The van der Waals surface area contributed by atoms with Gasteiger partial charge in [-0.1, -0.05) is 30.4 Å². The second-order valence-electron chi connectivity index (χ2n) is 5.35. The first-order valence-corrected chi connectivity index (χ1v) is 7.56. The molecule has 2 N–H and O–H groups in total. The molecule has 1 unspecified atom stereocenters. The molecule has 110 valence electrons. The second-order valence-corrected chi connectivity index (χ2v) is 5.82. The van der Waals surface area contributed by atoms with Crippen LogP contribution in [0.5, 0.6) is 0 Å². The highest BCUT2D eigenvalue weighted by atomic mass is 32.1. The fraction of sp³-hybridized carbons (Fsp3) is 0.400. The van der Waals surface area contributed by atoms with Gasteiger partial charge in [-0.25, -0.2) is 0 Å². The maximum atomic E-state index is 5.74. The van der Waals surface area contributed by atoms with E-state index in [0.717, 1.165) is 42.8 Å². The molecule has 0 bridgehead atoms. The monoisotopic (exact) mass is 301 g/mol. The first-order valence-electron chi connectivity index (χ1n) is 7.15. The van der Waals surface area contributed by atoms with Crippen LogP contribution in [-0.4, -0.2) is 52.3 Å².